The van der Waals surface area contributed by atoms with Crippen LogP contribution in [0.5, 0.6) is 0 Å². The van der Waals surface area contributed by atoms with E-state index in [0.717, 1.165) is 38.9 Å². The van der Waals surface area contributed by atoms with Crippen molar-refractivity contribution < 1.29 is 4.39 Å². The Bertz CT molecular complexity index is 438. The summed E-state index contributed by atoms with van der Waals surface area (Å²) in [5.41, 5.74) is 10.3. The maximum absolute atomic E-state index is 13.1. The summed E-state index contributed by atoms with van der Waals surface area (Å²) in [6.07, 6.45) is 4.03. The lowest BCUT2D eigenvalue weighted by Crippen LogP contribution is -2.34. The molecule has 1 aliphatic heterocycles. The molecule has 0 amide bonds. The zero-order valence-corrected chi connectivity index (χ0v) is 11.4. The second-order valence-electron chi connectivity index (χ2n) is 6.06. The number of halogens is 1. The van der Waals surface area contributed by atoms with Crippen molar-refractivity contribution in [2.24, 2.45) is 5.73 Å². The molecule has 2 N–H and O–H groups in total. The largest absolute Gasteiger partial charge is 0.327 e. The molecule has 0 aromatic heterocycles. The molecule has 3 rings (SSSR count). The molecule has 1 unspecified atom stereocenters. The maximum atomic E-state index is 13.1. The third-order valence-corrected chi connectivity index (χ3v) is 4.46. The van der Waals surface area contributed by atoms with Gasteiger partial charge in [-0.1, -0.05) is 18.2 Å². The zero-order chi connectivity index (χ0) is 13.2. The van der Waals surface area contributed by atoms with Gasteiger partial charge in [-0.3, -0.25) is 4.90 Å². The Labute approximate surface area is 114 Å². The summed E-state index contributed by atoms with van der Waals surface area (Å²) in [7, 11) is 0. The minimum atomic E-state index is -0.585. The van der Waals surface area contributed by atoms with Crippen molar-refractivity contribution in [3.8, 4) is 0 Å². The second kappa shape index (κ2) is 5.59. The van der Waals surface area contributed by atoms with Gasteiger partial charge in [-0.05, 0) is 48.8 Å². The Kier molecular flexibility index (Phi) is 3.85. The fourth-order valence-electron chi connectivity index (χ4n) is 3.25. The molecular weight excluding hydrogens is 239 g/mol. The fraction of sp³-hybridized carbons (Fsp3) is 0.625. The van der Waals surface area contributed by atoms with Crippen LogP contribution in [0.2, 0.25) is 0 Å². The Morgan fingerprint density at radius 1 is 1.16 bits per heavy atom. The van der Waals surface area contributed by atoms with Gasteiger partial charge in [0.05, 0.1) is 0 Å². The number of piperidine rings is 1. The quantitative estimate of drug-likeness (QED) is 0.887. The van der Waals surface area contributed by atoms with Crippen LogP contribution in [0.15, 0.2) is 18.2 Å². The van der Waals surface area contributed by atoms with Gasteiger partial charge in [-0.15, -0.1) is 0 Å². The summed E-state index contributed by atoms with van der Waals surface area (Å²) >= 11 is 0. The smallest absolute Gasteiger partial charge is 0.103 e. The van der Waals surface area contributed by atoms with E-state index in [1.54, 1.807) is 0 Å². The van der Waals surface area contributed by atoms with Gasteiger partial charge in [-0.2, -0.15) is 0 Å². The van der Waals surface area contributed by atoms with E-state index in [4.69, 9.17) is 5.73 Å². The lowest BCUT2D eigenvalue weighted by atomic mass is 9.87. The molecule has 0 spiro atoms. The molecule has 2 nitrogen and oxygen atoms in total. The van der Waals surface area contributed by atoms with Crippen LogP contribution < -0.4 is 5.73 Å². The van der Waals surface area contributed by atoms with Gasteiger partial charge in [0, 0.05) is 25.7 Å². The van der Waals surface area contributed by atoms with Gasteiger partial charge in [0.25, 0.3) is 0 Å². The molecule has 3 heteroatoms. The molecule has 19 heavy (non-hydrogen) atoms. The van der Waals surface area contributed by atoms with E-state index in [-0.39, 0.29) is 0 Å². The van der Waals surface area contributed by atoms with Crippen LogP contribution in [0.25, 0.3) is 0 Å². The van der Waals surface area contributed by atoms with E-state index < -0.39 is 6.17 Å². The third kappa shape index (κ3) is 3.15. The fourth-order valence-corrected chi connectivity index (χ4v) is 3.25. The highest BCUT2D eigenvalue weighted by molar-refractivity contribution is 5.34. The number of aryl methyl sites for hydroxylation is 1. The summed E-state index contributed by atoms with van der Waals surface area (Å²) in [4.78, 5) is 2.36. The van der Waals surface area contributed by atoms with Crippen molar-refractivity contribution in [1.29, 1.82) is 0 Å². The zero-order valence-electron chi connectivity index (χ0n) is 11.4. The Hall–Kier alpha value is -0.930. The van der Waals surface area contributed by atoms with Crippen molar-refractivity contribution in [3.63, 3.8) is 0 Å². The average Bonchev–Trinajstić information content (AvgIpc) is 2.41. The normalized spacial score (nSPS) is 25.3. The van der Waals surface area contributed by atoms with Crippen LogP contribution >= 0.6 is 0 Å². The molecule has 1 aliphatic carbocycles. The van der Waals surface area contributed by atoms with Crippen LogP contribution in [-0.2, 0) is 19.4 Å². The third-order valence-electron chi connectivity index (χ3n) is 4.46. The summed E-state index contributed by atoms with van der Waals surface area (Å²) in [6.45, 7) is 2.73. The van der Waals surface area contributed by atoms with Crippen molar-refractivity contribution in [1.82, 2.24) is 4.90 Å². The van der Waals surface area contributed by atoms with Crippen LogP contribution in [0.3, 0.4) is 0 Å². The number of benzene rings is 1. The van der Waals surface area contributed by atoms with Gasteiger partial charge in [0.1, 0.15) is 6.17 Å². The number of fused-ring (bicyclic) bond motifs is 1. The topological polar surface area (TPSA) is 29.3 Å². The number of hydrogen-bond donors (Lipinski definition) is 1. The first-order chi connectivity index (χ1) is 9.20. The van der Waals surface area contributed by atoms with Gasteiger partial charge in [-0.25, -0.2) is 4.39 Å². The molecule has 2 aliphatic rings. The standard InChI is InChI=1S/C16H23FN2/c17-15-5-7-19(8-6-15)11-12-1-2-13-3-4-16(18)10-14(13)9-12/h1-2,9,15-16H,3-8,10-11,18H2. The summed E-state index contributed by atoms with van der Waals surface area (Å²) in [5, 5.41) is 0. The van der Waals surface area contributed by atoms with E-state index in [9.17, 15) is 4.39 Å². The van der Waals surface area contributed by atoms with Crippen molar-refractivity contribution >= 4 is 0 Å². The molecule has 0 saturated carbocycles. The minimum Gasteiger partial charge on any atom is -0.327 e. The van der Waals surface area contributed by atoms with E-state index >= 15 is 0 Å². The number of nitrogens with two attached hydrogens (primary N) is 1. The first-order valence-corrected chi connectivity index (χ1v) is 7.43. The molecule has 1 aromatic rings. The molecule has 0 radical (unpaired) electrons. The highest BCUT2D eigenvalue weighted by Crippen LogP contribution is 2.23. The number of alkyl halides is 1. The lowest BCUT2D eigenvalue weighted by molar-refractivity contribution is 0.145. The second-order valence-corrected chi connectivity index (χ2v) is 6.06. The highest BCUT2D eigenvalue weighted by atomic mass is 19.1. The predicted octanol–water partition coefficient (Wildman–Crippen LogP) is 2.44. The van der Waals surface area contributed by atoms with Gasteiger partial charge in [0.2, 0.25) is 0 Å². The summed E-state index contributed by atoms with van der Waals surface area (Å²) < 4.78 is 13.1. The molecule has 0 bridgehead atoms. The van der Waals surface area contributed by atoms with Crippen molar-refractivity contribution in [2.45, 2.75) is 50.9 Å². The van der Waals surface area contributed by atoms with Crippen LogP contribution in [-0.4, -0.2) is 30.2 Å². The minimum absolute atomic E-state index is 0.324. The Balaban J connectivity index is 1.67. The first kappa shape index (κ1) is 13.1. The number of likely N-dealkylation sites (tertiary alicyclic amines) is 1. The van der Waals surface area contributed by atoms with E-state index in [0.29, 0.717) is 18.9 Å². The average molecular weight is 262 g/mol. The van der Waals surface area contributed by atoms with Crippen molar-refractivity contribution in [2.75, 3.05) is 13.1 Å². The molecule has 1 aromatic carbocycles. The predicted molar refractivity (Wildman–Crippen MR) is 75.8 cm³/mol. The van der Waals surface area contributed by atoms with E-state index in [1.165, 1.54) is 16.7 Å². The summed E-state index contributed by atoms with van der Waals surface area (Å²) in [6, 6.07) is 7.14. The van der Waals surface area contributed by atoms with Crippen LogP contribution in [0, 0.1) is 0 Å². The molecule has 1 atom stereocenters. The number of nitrogens with zero attached hydrogens (tertiary/aromatic N) is 1. The molecule has 104 valence electrons. The maximum Gasteiger partial charge on any atom is 0.103 e. The first-order valence-electron chi connectivity index (χ1n) is 7.43. The highest BCUT2D eigenvalue weighted by Gasteiger charge is 2.19. The van der Waals surface area contributed by atoms with Gasteiger partial charge in [0.15, 0.2) is 0 Å². The molecule has 1 fully saturated rings. The summed E-state index contributed by atoms with van der Waals surface area (Å²) in [5.74, 6) is 0. The Morgan fingerprint density at radius 2 is 1.95 bits per heavy atom. The monoisotopic (exact) mass is 262 g/mol. The van der Waals surface area contributed by atoms with Crippen LogP contribution in [0.4, 0.5) is 4.39 Å². The van der Waals surface area contributed by atoms with E-state index in [1.807, 2.05) is 0 Å². The van der Waals surface area contributed by atoms with Gasteiger partial charge < -0.3 is 5.73 Å². The Morgan fingerprint density at radius 3 is 2.74 bits per heavy atom. The SMILES string of the molecule is NC1CCc2ccc(CN3CCC(F)CC3)cc2C1. The lowest BCUT2D eigenvalue weighted by Gasteiger charge is -2.29. The number of hydrogen-bond acceptors (Lipinski definition) is 2. The van der Waals surface area contributed by atoms with Crippen molar-refractivity contribution in [3.05, 3.63) is 34.9 Å². The molecule has 1 heterocycles. The van der Waals surface area contributed by atoms with E-state index in [2.05, 4.69) is 23.1 Å². The molecule has 1 saturated heterocycles. The molecular formula is C16H23FN2. The van der Waals surface area contributed by atoms with Gasteiger partial charge >= 0.3 is 0 Å². The van der Waals surface area contributed by atoms with Crippen LogP contribution in [0.1, 0.15) is 36.0 Å². The number of rotatable bonds is 2.